The lowest BCUT2D eigenvalue weighted by atomic mass is 10.0. The van der Waals surface area contributed by atoms with Crippen molar-refractivity contribution in [3.8, 4) is 0 Å². The number of rotatable bonds is 1. The summed E-state index contributed by atoms with van der Waals surface area (Å²) in [4.78, 5) is 4.58. The van der Waals surface area contributed by atoms with Crippen LogP contribution in [0.3, 0.4) is 0 Å². The molecule has 0 aromatic heterocycles. The average Bonchev–Trinajstić information content (AvgIpc) is 2.51. The second-order valence-corrected chi connectivity index (χ2v) is 5.84. The third-order valence-electron chi connectivity index (χ3n) is 4.04. The lowest BCUT2D eigenvalue weighted by molar-refractivity contribution is 0.880. The Bertz CT molecular complexity index is 823. The first-order chi connectivity index (χ1) is 10.2. The molecule has 0 fully saturated rings. The zero-order valence-electron chi connectivity index (χ0n) is 11.8. The number of anilines is 3. The summed E-state index contributed by atoms with van der Waals surface area (Å²) in [5.41, 5.74) is 3.64. The molecule has 21 heavy (non-hydrogen) atoms. The lowest BCUT2D eigenvalue weighted by Crippen LogP contribution is -2.35. The zero-order chi connectivity index (χ0) is 14.4. The van der Waals surface area contributed by atoms with Crippen LogP contribution in [0, 0.1) is 0 Å². The molecule has 4 rings (SSSR count). The molecule has 104 valence electrons. The molecule has 0 aliphatic carbocycles. The number of halogens is 1. The molecule has 3 heteroatoms. The molecular formula is C18H15ClN2. The topological polar surface area (TPSA) is 6.48 Å². The van der Waals surface area contributed by atoms with Gasteiger partial charge in [-0.15, -0.1) is 0 Å². The molecule has 3 aromatic carbocycles. The van der Waals surface area contributed by atoms with Gasteiger partial charge >= 0.3 is 0 Å². The fraction of sp³-hybridized carbons (Fsp3) is 0.111. The summed E-state index contributed by atoms with van der Waals surface area (Å²) in [6, 6.07) is 21.0. The Morgan fingerprint density at radius 1 is 0.905 bits per heavy atom. The molecule has 1 heterocycles. The van der Waals surface area contributed by atoms with Gasteiger partial charge in [-0.05, 0) is 35.7 Å². The van der Waals surface area contributed by atoms with Gasteiger partial charge in [0, 0.05) is 28.8 Å². The molecule has 0 unspecified atom stereocenters. The summed E-state index contributed by atoms with van der Waals surface area (Å²) in [6.07, 6.45) is 0. The quantitative estimate of drug-likeness (QED) is 0.620. The minimum Gasteiger partial charge on any atom is -0.356 e. The highest BCUT2D eigenvalue weighted by molar-refractivity contribution is 6.30. The van der Waals surface area contributed by atoms with Crippen LogP contribution in [-0.2, 0) is 0 Å². The maximum absolute atomic E-state index is 6.16. The van der Waals surface area contributed by atoms with Crippen molar-refractivity contribution in [3.63, 3.8) is 0 Å². The van der Waals surface area contributed by atoms with E-state index in [0.29, 0.717) is 0 Å². The molecule has 2 nitrogen and oxygen atoms in total. The molecule has 0 atom stereocenters. The van der Waals surface area contributed by atoms with Gasteiger partial charge in [0.25, 0.3) is 0 Å². The minimum atomic E-state index is 0.765. The summed E-state index contributed by atoms with van der Waals surface area (Å²) < 4.78 is 0. The Balaban J connectivity index is 1.99. The van der Waals surface area contributed by atoms with Crippen molar-refractivity contribution in [1.29, 1.82) is 0 Å². The number of nitrogens with zero attached hydrogens (tertiary/aromatic N) is 2. The first kappa shape index (κ1) is 12.5. The van der Waals surface area contributed by atoms with E-state index in [1.54, 1.807) is 0 Å². The van der Waals surface area contributed by atoms with E-state index in [1.165, 1.54) is 22.1 Å². The van der Waals surface area contributed by atoms with Gasteiger partial charge in [-0.2, -0.15) is 0 Å². The van der Waals surface area contributed by atoms with Gasteiger partial charge < -0.3 is 9.80 Å². The van der Waals surface area contributed by atoms with Crippen LogP contribution < -0.4 is 9.80 Å². The molecule has 0 N–H and O–H groups in total. The molecule has 3 aromatic rings. The van der Waals surface area contributed by atoms with Crippen LogP contribution in [0.15, 0.2) is 60.7 Å². The normalized spacial score (nSPS) is 13.8. The monoisotopic (exact) mass is 294 g/mol. The van der Waals surface area contributed by atoms with E-state index in [0.717, 1.165) is 17.4 Å². The third-order valence-corrected chi connectivity index (χ3v) is 4.27. The van der Waals surface area contributed by atoms with Crippen molar-refractivity contribution in [1.82, 2.24) is 0 Å². The average molecular weight is 295 g/mol. The van der Waals surface area contributed by atoms with Crippen molar-refractivity contribution in [2.45, 2.75) is 0 Å². The molecule has 0 amide bonds. The maximum Gasteiger partial charge on any atom is 0.0949 e. The SMILES string of the molecule is CN1CN(c2cccc(Cl)c2)c2cccc3cccc1c23. The predicted octanol–water partition coefficient (Wildman–Crippen LogP) is 5.04. The van der Waals surface area contributed by atoms with E-state index in [1.807, 2.05) is 18.2 Å². The summed E-state index contributed by atoms with van der Waals surface area (Å²) in [7, 11) is 2.13. The predicted molar refractivity (Wildman–Crippen MR) is 90.8 cm³/mol. The Labute approximate surface area is 129 Å². The Morgan fingerprint density at radius 2 is 1.62 bits per heavy atom. The Kier molecular flexibility index (Phi) is 2.79. The summed E-state index contributed by atoms with van der Waals surface area (Å²) in [5, 5.41) is 3.33. The zero-order valence-corrected chi connectivity index (χ0v) is 12.5. The van der Waals surface area contributed by atoms with E-state index in [9.17, 15) is 0 Å². The number of hydrogen-bond donors (Lipinski definition) is 0. The first-order valence-corrected chi connectivity index (χ1v) is 7.38. The van der Waals surface area contributed by atoms with E-state index >= 15 is 0 Å². The van der Waals surface area contributed by atoms with E-state index in [2.05, 4.69) is 59.3 Å². The molecule has 0 spiro atoms. The van der Waals surface area contributed by atoms with Crippen molar-refractivity contribution in [2.75, 3.05) is 23.5 Å². The minimum absolute atomic E-state index is 0.765. The smallest absolute Gasteiger partial charge is 0.0949 e. The maximum atomic E-state index is 6.16. The second kappa shape index (κ2) is 4.68. The van der Waals surface area contributed by atoms with Crippen LogP contribution in [-0.4, -0.2) is 13.7 Å². The van der Waals surface area contributed by atoms with Crippen LogP contribution >= 0.6 is 11.6 Å². The largest absolute Gasteiger partial charge is 0.356 e. The second-order valence-electron chi connectivity index (χ2n) is 5.40. The van der Waals surface area contributed by atoms with Gasteiger partial charge in [-0.1, -0.05) is 41.9 Å². The van der Waals surface area contributed by atoms with E-state index < -0.39 is 0 Å². The Morgan fingerprint density at radius 3 is 2.38 bits per heavy atom. The standard InChI is InChI=1S/C18H15ClN2/c1-20-12-21(15-8-4-7-14(19)11-15)17-10-3-6-13-5-2-9-16(20)18(13)17/h2-11H,12H2,1H3. The van der Waals surface area contributed by atoms with Crippen LogP contribution in [0.1, 0.15) is 0 Å². The molecule has 0 radical (unpaired) electrons. The van der Waals surface area contributed by atoms with Gasteiger partial charge in [-0.25, -0.2) is 0 Å². The summed E-state index contributed by atoms with van der Waals surface area (Å²) in [5.74, 6) is 0. The van der Waals surface area contributed by atoms with Gasteiger partial charge in [0.05, 0.1) is 12.4 Å². The number of benzene rings is 3. The van der Waals surface area contributed by atoms with Gasteiger partial charge in [-0.3, -0.25) is 0 Å². The fourth-order valence-corrected chi connectivity index (χ4v) is 3.26. The molecule has 0 saturated heterocycles. The molecule has 1 aliphatic heterocycles. The molecular weight excluding hydrogens is 280 g/mol. The molecule has 1 aliphatic rings. The first-order valence-electron chi connectivity index (χ1n) is 7.00. The third kappa shape index (κ3) is 1.95. The van der Waals surface area contributed by atoms with E-state index in [-0.39, 0.29) is 0 Å². The van der Waals surface area contributed by atoms with Gasteiger partial charge in [0.15, 0.2) is 0 Å². The van der Waals surface area contributed by atoms with Crippen LogP contribution in [0.2, 0.25) is 5.02 Å². The van der Waals surface area contributed by atoms with Crippen LogP contribution in [0.25, 0.3) is 10.8 Å². The van der Waals surface area contributed by atoms with Crippen molar-refractivity contribution < 1.29 is 0 Å². The summed E-state index contributed by atoms with van der Waals surface area (Å²) >= 11 is 6.16. The lowest BCUT2D eigenvalue weighted by Gasteiger charge is -2.37. The summed E-state index contributed by atoms with van der Waals surface area (Å²) in [6.45, 7) is 0.816. The van der Waals surface area contributed by atoms with Crippen molar-refractivity contribution >= 4 is 39.4 Å². The van der Waals surface area contributed by atoms with Crippen molar-refractivity contribution in [3.05, 3.63) is 65.7 Å². The Hall–Kier alpha value is -2.19. The highest BCUT2D eigenvalue weighted by atomic mass is 35.5. The van der Waals surface area contributed by atoms with Crippen LogP contribution in [0.5, 0.6) is 0 Å². The van der Waals surface area contributed by atoms with Crippen LogP contribution in [0.4, 0.5) is 17.1 Å². The number of hydrogen-bond acceptors (Lipinski definition) is 2. The van der Waals surface area contributed by atoms with Crippen molar-refractivity contribution in [2.24, 2.45) is 0 Å². The molecule has 0 bridgehead atoms. The van der Waals surface area contributed by atoms with Gasteiger partial charge in [0.1, 0.15) is 0 Å². The van der Waals surface area contributed by atoms with E-state index in [4.69, 9.17) is 11.6 Å². The van der Waals surface area contributed by atoms with Gasteiger partial charge in [0.2, 0.25) is 0 Å². The highest BCUT2D eigenvalue weighted by Crippen LogP contribution is 2.41. The fourth-order valence-electron chi connectivity index (χ4n) is 3.07. The molecule has 0 saturated carbocycles. The highest BCUT2D eigenvalue weighted by Gasteiger charge is 2.22.